The van der Waals surface area contributed by atoms with Crippen LogP contribution in [0.4, 0.5) is 11.5 Å². The van der Waals surface area contributed by atoms with E-state index in [1.54, 1.807) is 6.20 Å². The van der Waals surface area contributed by atoms with Gasteiger partial charge in [0.05, 0.1) is 5.56 Å². The van der Waals surface area contributed by atoms with E-state index in [1.807, 2.05) is 42.5 Å². The van der Waals surface area contributed by atoms with E-state index in [0.717, 1.165) is 11.3 Å². The van der Waals surface area contributed by atoms with Crippen molar-refractivity contribution in [2.45, 2.75) is 0 Å². The molecule has 0 spiro atoms. The van der Waals surface area contributed by atoms with Crippen molar-refractivity contribution < 1.29 is 0 Å². The van der Waals surface area contributed by atoms with Crippen LogP contribution in [0.25, 0.3) is 0 Å². The molecule has 1 aromatic heterocycles. The van der Waals surface area contributed by atoms with E-state index in [2.05, 4.69) is 10.3 Å². The van der Waals surface area contributed by atoms with Crippen LogP contribution in [0.2, 0.25) is 0 Å². The van der Waals surface area contributed by atoms with Crippen LogP contribution in [-0.4, -0.2) is 9.97 Å². The minimum Gasteiger partial charge on any atom is -0.389 e. The summed E-state index contributed by atoms with van der Waals surface area (Å²) in [6.07, 6.45) is 1.70. The molecule has 0 aliphatic heterocycles. The summed E-state index contributed by atoms with van der Waals surface area (Å²) in [5.74, 6) is 0.682. The molecule has 0 unspecified atom stereocenters. The highest BCUT2D eigenvalue weighted by molar-refractivity contribution is 7.80. The molecule has 0 atom stereocenters. The van der Waals surface area contributed by atoms with Crippen molar-refractivity contribution in [3.63, 3.8) is 0 Å². The summed E-state index contributed by atoms with van der Waals surface area (Å²) in [5.41, 5.74) is 7.33. The second kappa shape index (κ2) is 4.72. The first-order valence-electron chi connectivity index (χ1n) is 4.84. The quantitative estimate of drug-likeness (QED) is 0.794. The van der Waals surface area contributed by atoms with Gasteiger partial charge in [0, 0.05) is 11.9 Å². The topological polar surface area (TPSA) is 50.9 Å². The summed E-state index contributed by atoms with van der Waals surface area (Å²) in [7, 11) is 0. The van der Waals surface area contributed by atoms with Gasteiger partial charge < -0.3 is 11.1 Å². The molecule has 0 radical (unpaired) electrons. The number of nitrogens with two attached hydrogens (primary N) is 1. The van der Waals surface area contributed by atoms with Crippen LogP contribution in [-0.2, 0) is 0 Å². The molecular weight excluding hydrogens is 218 g/mol. The van der Waals surface area contributed by atoms with Crippen LogP contribution < -0.4 is 11.1 Å². The van der Waals surface area contributed by atoms with Crippen LogP contribution in [0, 0.1) is 0 Å². The lowest BCUT2D eigenvalue weighted by atomic mass is 10.2. The minimum absolute atomic E-state index is 0.339. The lowest BCUT2D eigenvalue weighted by Crippen LogP contribution is -2.12. The van der Waals surface area contributed by atoms with Crippen molar-refractivity contribution in [2.24, 2.45) is 5.73 Å². The van der Waals surface area contributed by atoms with E-state index >= 15 is 0 Å². The van der Waals surface area contributed by atoms with Crippen molar-refractivity contribution in [3.05, 3.63) is 54.2 Å². The molecule has 80 valence electrons. The molecule has 0 amide bonds. The summed E-state index contributed by atoms with van der Waals surface area (Å²) in [4.78, 5) is 4.56. The minimum atomic E-state index is 0.339. The van der Waals surface area contributed by atoms with Crippen molar-refractivity contribution in [3.8, 4) is 0 Å². The number of hydrogen-bond acceptors (Lipinski definition) is 3. The Morgan fingerprint density at radius 2 is 1.88 bits per heavy atom. The Morgan fingerprint density at radius 3 is 2.56 bits per heavy atom. The molecule has 2 aromatic rings. The smallest absolute Gasteiger partial charge is 0.140 e. The highest BCUT2D eigenvalue weighted by atomic mass is 32.1. The van der Waals surface area contributed by atoms with Gasteiger partial charge in [-0.2, -0.15) is 0 Å². The Kier molecular flexibility index (Phi) is 3.12. The average molecular weight is 229 g/mol. The Hall–Kier alpha value is -1.94. The summed E-state index contributed by atoms with van der Waals surface area (Å²) >= 11 is 4.96. The van der Waals surface area contributed by atoms with Gasteiger partial charge in [-0.25, -0.2) is 4.98 Å². The van der Waals surface area contributed by atoms with Crippen molar-refractivity contribution >= 4 is 28.7 Å². The van der Waals surface area contributed by atoms with Crippen molar-refractivity contribution in [1.29, 1.82) is 0 Å². The predicted octanol–water partition coefficient (Wildman–Crippen LogP) is 2.46. The number of nitrogens with one attached hydrogen (secondary N) is 1. The second-order valence-electron chi connectivity index (χ2n) is 3.25. The molecule has 1 aromatic carbocycles. The molecule has 16 heavy (non-hydrogen) atoms. The van der Waals surface area contributed by atoms with Crippen LogP contribution in [0.3, 0.4) is 0 Å². The third kappa shape index (κ3) is 2.35. The maximum absolute atomic E-state index is 5.62. The molecule has 0 aliphatic rings. The number of anilines is 2. The van der Waals surface area contributed by atoms with E-state index in [0.29, 0.717) is 10.8 Å². The van der Waals surface area contributed by atoms with Gasteiger partial charge in [0.15, 0.2) is 0 Å². The first-order chi connectivity index (χ1) is 7.77. The SMILES string of the molecule is NC(=S)c1cccnc1Nc1ccccc1. The fourth-order valence-corrected chi connectivity index (χ4v) is 1.53. The van der Waals surface area contributed by atoms with E-state index in [1.165, 1.54) is 0 Å². The monoisotopic (exact) mass is 229 g/mol. The molecule has 1 heterocycles. The standard InChI is InChI=1S/C12H11N3S/c13-11(16)10-7-4-8-14-12(10)15-9-5-2-1-3-6-9/h1-8H,(H2,13,16)(H,14,15). The van der Waals surface area contributed by atoms with Gasteiger partial charge in [-0.1, -0.05) is 30.4 Å². The molecular formula is C12H11N3S. The largest absolute Gasteiger partial charge is 0.389 e. The zero-order valence-electron chi connectivity index (χ0n) is 8.55. The molecule has 0 saturated carbocycles. The van der Waals surface area contributed by atoms with Crippen LogP contribution in [0.1, 0.15) is 5.56 Å². The maximum atomic E-state index is 5.62. The highest BCUT2D eigenvalue weighted by Crippen LogP contribution is 2.17. The number of nitrogens with zero attached hydrogens (tertiary/aromatic N) is 1. The normalized spacial score (nSPS) is 9.75. The molecule has 0 aliphatic carbocycles. The number of pyridine rings is 1. The Labute approximate surface area is 99.3 Å². The van der Waals surface area contributed by atoms with E-state index in [9.17, 15) is 0 Å². The number of rotatable bonds is 3. The summed E-state index contributed by atoms with van der Waals surface area (Å²) in [6.45, 7) is 0. The average Bonchev–Trinajstić information content (AvgIpc) is 2.31. The molecule has 3 N–H and O–H groups in total. The maximum Gasteiger partial charge on any atom is 0.140 e. The number of thiocarbonyl (C=S) groups is 1. The third-order valence-electron chi connectivity index (χ3n) is 2.11. The first-order valence-corrected chi connectivity index (χ1v) is 5.25. The Bertz CT molecular complexity index is 497. The van der Waals surface area contributed by atoms with Gasteiger partial charge in [0.25, 0.3) is 0 Å². The zero-order chi connectivity index (χ0) is 11.4. The lowest BCUT2D eigenvalue weighted by Gasteiger charge is -2.09. The zero-order valence-corrected chi connectivity index (χ0v) is 9.37. The summed E-state index contributed by atoms with van der Waals surface area (Å²) < 4.78 is 0. The first kappa shape index (κ1) is 10.6. The van der Waals surface area contributed by atoms with Crippen LogP contribution >= 0.6 is 12.2 Å². The molecule has 0 bridgehead atoms. The van der Waals surface area contributed by atoms with Crippen molar-refractivity contribution in [1.82, 2.24) is 4.98 Å². The van der Waals surface area contributed by atoms with Gasteiger partial charge in [-0.3, -0.25) is 0 Å². The molecule has 0 fully saturated rings. The number of para-hydroxylation sites is 1. The van der Waals surface area contributed by atoms with E-state index < -0.39 is 0 Å². The van der Waals surface area contributed by atoms with Gasteiger partial charge in [0.2, 0.25) is 0 Å². The Morgan fingerprint density at radius 1 is 1.12 bits per heavy atom. The second-order valence-corrected chi connectivity index (χ2v) is 3.69. The van der Waals surface area contributed by atoms with E-state index in [-0.39, 0.29) is 0 Å². The highest BCUT2D eigenvalue weighted by Gasteiger charge is 2.05. The number of aromatic nitrogens is 1. The predicted molar refractivity (Wildman–Crippen MR) is 69.8 cm³/mol. The number of hydrogen-bond donors (Lipinski definition) is 2. The third-order valence-corrected chi connectivity index (χ3v) is 2.33. The Balaban J connectivity index is 2.31. The lowest BCUT2D eigenvalue weighted by molar-refractivity contribution is 1.30. The van der Waals surface area contributed by atoms with Gasteiger partial charge in [0.1, 0.15) is 10.8 Å². The summed E-state index contributed by atoms with van der Waals surface area (Å²) in [5, 5.41) is 3.18. The van der Waals surface area contributed by atoms with Crippen LogP contribution in [0.15, 0.2) is 48.7 Å². The fraction of sp³-hybridized carbons (Fsp3) is 0. The van der Waals surface area contributed by atoms with E-state index in [4.69, 9.17) is 18.0 Å². The van der Waals surface area contributed by atoms with Gasteiger partial charge >= 0.3 is 0 Å². The van der Waals surface area contributed by atoms with Crippen molar-refractivity contribution in [2.75, 3.05) is 5.32 Å². The molecule has 4 heteroatoms. The molecule has 0 saturated heterocycles. The van der Waals surface area contributed by atoms with Gasteiger partial charge in [-0.05, 0) is 24.3 Å². The molecule has 2 rings (SSSR count). The molecule has 3 nitrogen and oxygen atoms in total. The number of benzene rings is 1. The van der Waals surface area contributed by atoms with Gasteiger partial charge in [-0.15, -0.1) is 0 Å². The fourth-order valence-electron chi connectivity index (χ4n) is 1.36. The van der Waals surface area contributed by atoms with Crippen LogP contribution in [0.5, 0.6) is 0 Å². The summed E-state index contributed by atoms with van der Waals surface area (Å²) in [6, 6.07) is 13.4.